The molecule has 3 nitrogen and oxygen atoms in total. The number of amides is 1. The number of aliphatic imine (C=N–C) groups is 1. The van der Waals surface area contributed by atoms with Crippen molar-refractivity contribution in [2.75, 3.05) is 5.32 Å². The van der Waals surface area contributed by atoms with Gasteiger partial charge in [0.25, 0.3) is 0 Å². The Morgan fingerprint density at radius 2 is 1.96 bits per heavy atom. The quantitative estimate of drug-likeness (QED) is 0.838. The summed E-state index contributed by atoms with van der Waals surface area (Å²) in [5.41, 5.74) is 3.65. The number of carbonyl (C=O) groups excluding carboxylic acids is 1. The number of anilines is 1. The van der Waals surface area contributed by atoms with Gasteiger partial charge in [0.2, 0.25) is 5.91 Å². The van der Waals surface area contributed by atoms with Crippen LogP contribution in [0.5, 0.6) is 0 Å². The minimum absolute atomic E-state index is 0.0335. The zero-order valence-corrected chi connectivity index (χ0v) is 14.8. The van der Waals surface area contributed by atoms with E-state index in [4.69, 9.17) is 4.99 Å². The van der Waals surface area contributed by atoms with Crippen molar-refractivity contribution in [3.05, 3.63) is 64.1 Å². The van der Waals surface area contributed by atoms with Crippen LogP contribution in [0.25, 0.3) is 0 Å². The third kappa shape index (κ3) is 3.22. The highest BCUT2D eigenvalue weighted by molar-refractivity contribution is 9.10. The molecule has 0 saturated carbocycles. The highest BCUT2D eigenvalue weighted by Gasteiger charge is 2.29. The smallest absolute Gasteiger partial charge is 0.249 e. The standard InChI is InChI=1S/C19H19BrN2O/c1-3-12(2)17-19(23)21-16-10-9-14(20)11-15(16)18(22-17)13-7-5-4-6-8-13/h4-12,17H,3H2,1-2H3,(H,21,23)/t12-,17?/m0/s1. The van der Waals surface area contributed by atoms with Crippen LogP contribution in [0.1, 0.15) is 31.4 Å². The van der Waals surface area contributed by atoms with E-state index in [2.05, 4.69) is 35.1 Å². The molecule has 0 radical (unpaired) electrons. The molecular formula is C19H19BrN2O. The summed E-state index contributed by atoms with van der Waals surface area (Å²) in [5, 5.41) is 3.04. The van der Waals surface area contributed by atoms with E-state index >= 15 is 0 Å². The number of benzodiazepines with no additional fused rings is 1. The van der Waals surface area contributed by atoms with Crippen LogP contribution in [-0.2, 0) is 4.79 Å². The Hall–Kier alpha value is -1.94. The first-order chi connectivity index (χ1) is 11.1. The number of carbonyl (C=O) groups is 1. The number of hydrogen-bond donors (Lipinski definition) is 1. The number of rotatable bonds is 3. The topological polar surface area (TPSA) is 41.5 Å². The number of halogens is 1. The maximum Gasteiger partial charge on any atom is 0.249 e. The molecule has 1 heterocycles. The average molecular weight is 371 g/mol. The number of hydrogen-bond acceptors (Lipinski definition) is 2. The normalized spacial score (nSPS) is 18.5. The number of benzene rings is 2. The van der Waals surface area contributed by atoms with Crippen molar-refractivity contribution < 1.29 is 4.79 Å². The second kappa shape index (κ2) is 6.67. The summed E-state index contributed by atoms with van der Waals surface area (Å²) in [5.74, 6) is 0.153. The molecule has 2 aromatic rings. The first kappa shape index (κ1) is 15.9. The molecule has 0 fully saturated rings. The highest BCUT2D eigenvalue weighted by atomic mass is 79.9. The molecule has 2 aromatic carbocycles. The van der Waals surface area contributed by atoms with Gasteiger partial charge in [0.15, 0.2) is 0 Å². The Morgan fingerprint density at radius 3 is 2.65 bits per heavy atom. The first-order valence-corrected chi connectivity index (χ1v) is 8.63. The van der Waals surface area contributed by atoms with Crippen LogP contribution >= 0.6 is 15.9 Å². The molecule has 1 aliphatic rings. The van der Waals surface area contributed by atoms with Gasteiger partial charge in [0.05, 0.1) is 11.4 Å². The zero-order valence-electron chi connectivity index (χ0n) is 13.2. The van der Waals surface area contributed by atoms with E-state index in [1.165, 1.54) is 0 Å². The van der Waals surface area contributed by atoms with Gasteiger partial charge in [0, 0.05) is 15.6 Å². The van der Waals surface area contributed by atoms with Gasteiger partial charge in [-0.15, -0.1) is 0 Å². The molecular weight excluding hydrogens is 352 g/mol. The lowest BCUT2D eigenvalue weighted by Gasteiger charge is -2.17. The largest absolute Gasteiger partial charge is 0.324 e. The number of fused-ring (bicyclic) bond motifs is 1. The van der Waals surface area contributed by atoms with Gasteiger partial charge in [-0.25, -0.2) is 0 Å². The molecule has 1 unspecified atom stereocenters. The summed E-state index contributed by atoms with van der Waals surface area (Å²) in [6.07, 6.45) is 0.906. The fourth-order valence-electron chi connectivity index (χ4n) is 2.73. The third-order valence-corrected chi connectivity index (χ3v) is 4.75. The summed E-state index contributed by atoms with van der Waals surface area (Å²) in [4.78, 5) is 17.5. The van der Waals surface area contributed by atoms with Crippen LogP contribution in [0.3, 0.4) is 0 Å². The fourth-order valence-corrected chi connectivity index (χ4v) is 3.09. The molecule has 0 aromatic heterocycles. The minimum Gasteiger partial charge on any atom is -0.324 e. The molecule has 4 heteroatoms. The Labute approximate surface area is 145 Å². The van der Waals surface area contributed by atoms with Crippen molar-refractivity contribution in [2.24, 2.45) is 10.9 Å². The van der Waals surface area contributed by atoms with E-state index in [0.717, 1.165) is 33.4 Å². The molecule has 1 aliphatic heterocycles. The molecule has 118 valence electrons. The Kier molecular flexibility index (Phi) is 4.62. The van der Waals surface area contributed by atoms with E-state index in [-0.39, 0.29) is 17.9 Å². The lowest BCUT2D eigenvalue weighted by atomic mass is 9.98. The second-order valence-corrected chi connectivity index (χ2v) is 6.77. The first-order valence-electron chi connectivity index (χ1n) is 7.84. The minimum atomic E-state index is -0.374. The summed E-state index contributed by atoms with van der Waals surface area (Å²) < 4.78 is 0.969. The Bertz CT molecular complexity index is 755. The highest BCUT2D eigenvalue weighted by Crippen LogP contribution is 2.29. The van der Waals surface area contributed by atoms with Crippen LogP contribution in [0.15, 0.2) is 58.0 Å². The van der Waals surface area contributed by atoms with Gasteiger partial charge in [-0.1, -0.05) is 66.5 Å². The maximum absolute atomic E-state index is 12.6. The summed E-state index contributed by atoms with van der Waals surface area (Å²) in [6, 6.07) is 15.5. The van der Waals surface area contributed by atoms with Crippen LogP contribution in [-0.4, -0.2) is 17.7 Å². The molecule has 1 amide bonds. The van der Waals surface area contributed by atoms with E-state index in [1.807, 2.05) is 48.5 Å². The summed E-state index contributed by atoms with van der Waals surface area (Å²) >= 11 is 3.52. The average Bonchev–Trinajstić information content (AvgIpc) is 2.71. The summed E-state index contributed by atoms with van der Waals surface area (Å²) in [6.45, 7) is 4.16. The van der Waals surface area contributed by atoms with Gasteiger partial charge in [0.1, 0.15) is 6.04 Å². The van der Waals surface area contributed by atoms with Crippen LogP contribution in [0.4, 0.5) is 5.69 Å². The van der Waals surface area contributed by atoms with Crippen molar-refractivity contribution in [1.82, 2.24) is 0 Å². The van der Waals surface area contributed by atoms with E-state index in [9.17, 15) is 4.79 Å². The maximum atomic E-state index is 12.6. The van der Waals surface area contributed by atoms with E-state index in [1.54, 1.807) is 0 Å². The number of nitrogens with one attached hydrogen (secondary N) is 1. The molecule has 0 aliphatic carbocycles. The molecule has 1 N–H and O–H groups in total. The molecule has 0 bridgehead atoms. The lowest BCUT2D eigenvalue weighted by molar-refractivity contribution is -0.118. The predicted molar refractivity (Wildman–Crippen MR) is 98.1 cm³/mol. The van der Waals surface area contributed by atoms with Crippen molar-refractivity contribution in [3.8, 4) is 0 Å². The van der Waals surface area contributed by atoms with Gasteiger partial charge in [-0.05, 0) is 24.1 Å². The van der Waals surface area contributed by atoms with Gasteiger partial charge >= 0.3 is 0 Å². The lowest BCUT2D eigenvalue weighted by Crippen LogP contribution is -2.31. The van der Waals surface area contributed by atoms with Crippen molar-refractivity contribution in [2.45, 2.75) is 26.3 Å². The van der Waals surface area contributed by atoms with Gasteiger partial charge < -0.3 is 5.32 Å². The molecule has 23 heavy (non-hydrogen) atoms. The van der Waals surface area contributed by atoms with Crippen molar-refractivity contribution in [1.29, 1.82) is 0 Å². The Balaban J connectivity index is 2.21. The fraction of sp³-hybridized carbons (Fsp3) is 0.263. The monoisotopic (exact) mass is 370 g/mol. The van der Waals surface area contributed by atoms with Gasteiger partial charge in [-0.2, -0.15) is 0 Å². The Morgan fingerprint density at radius 1 is 1.22 bits per heavy atom. The van der Waals surface area contributed by atoms with E-state index < -0.39 is 0 Å². The van der Waals surface area contributed by atoms with Crippen molar-refractivity contribution >= 4 is 33.2 Å². The van der Waals surface area contributed by atoms with Crippen LogP contribution in [0.2, 0.25) is 0 Å². The van der Waals surface area contributed by atoms with Gasteiger partial charge in [-0.3, -0.25) is 9.79 Å². The SMILES string of the molecule is CC[C@H](C)C1N=C(c2ccccc2)c2cc(Br)ccc2NC1=O. The molecule has 0 spiro atoms. The van der Waals surface area contributed by atoms with Crippen molar-refractivity contribution in [3.63, 3.8) is 0 Å². The molecule has 2 atom stereocenters. The van der Waals surface area contributed by atoms with Crippen LogP contribution < -0.4 is 5.32 Å². The molecule has 0 saturated heterocycles. The van der Waals surface area contributed by atoms with Crippen LogP contribution in [0, 0.1) is 5.92 Å². The predicted octanol–water partition coefficient (Wildman–Crippen LogP) is 4.65. The van der Waals surface area contributed by atoms with E-state index in [0.29, 0.717) is 0 Å². The third-order valence-electron chi connectivity index (χ3n) is 4.26. The number of nitrogens with zero attached hydrogens (tertiary/aromatic N) is 1. The molecule has 3 rings (SSSR count). The second-order valence-electron chi connectivity index (χ2n) is 5.85. The zero-order chi connectivity index (χ0) is 16.4. The summed E-state index contributed by atoms with van der Waals surface area (Å²) in [7, 11) is 0.